The molecule has 0 aromatic carbocycles. The van der Waals surface area contributed by atoms with Crippen LogP contribution in [0.4, 0.5) is 5.95 Å². The van der Waals surface area contributed by atoms with E-state index in [0.717, 1.165) is 29.6 Å². The molecule has 17 heavy (non-hydrogen) atoms. The van der Waals surface area contributed by atoms with Crippen LogP contribution in [-0.4, -0.2) is 26.6 Å². The van der Waals surface area contributed by atoms with E-state index < -0.39 is 0 Å². The lowest BCUT2D eigenvalue weighted by Gasteiger charge is -2.19. The molecular formula is C12H21BrN4. The highest BCUT2D eigenvalue weighted by Gasteiger charge is 2.13. The SMILES string of the molecule is CCc1nnc(NC(C)C(C)CBr)nc1CC. The molecule has 5 heteroatoms. The molecule has 0 aliphatic rings. The summed E-state index contributed by atoms with van der Waals surface area (Å²) in [6.07, 6.45) is 1.78. The Labute approximate surface area is 112 Å². The van der Waals surface area contributed by atoms with Gasteiger partial charge in [0.25, 0.3) is 0 Å². The molecule has 2 unspecified atom stereocenters. The van der Waals surface area contributed by atoms with Crippen molar-refractivity contribution in [3.05, 3.63) is 11.4 Å². The molecule has 1 aromatic rings. The number of rotatable bonds is 6. The van der Waals surface area contributed by atoms with Crippen LogP contribution in [0.2, 0.25) is 0 Å². The average Bonchev–Trinajstić information content (AvgIpc) is 2.37. The zero-order valence-corrected chi connectivity index (χ0v) is 12.6. The first-order valence-electron chi connectivity index (χ1n) is 6.17. The Bertz CT molecular complexity index is 356. The van der Waals surface area contributed by atoms with Gasteiger partial charge < -0.3 is 5.32 Å². The van der Waals surface area contributed by atoms with Crippen LogP contribution in [-0.2, 0) is 12.8 Å². The monoisotopic (exact) mass is 300 g/mol. The van der Waals surface area contributed by atoms with Gasteiger partial charge in [-0.2, -0.15) is 5.10 Å². The van der Waals surface area contributed by atoms with Crippen LogP contribution >= 0.6 is 15.9 Å². The third-order valence-electron chi connectivity index (χ3n) is 2.96. The third kappa shape index (κ3) is 3.91. The van der Waals surface area contributed by atoms with Gasteiger partial charge in [-0.25, -0.2) is 4.98 Å². The highest BCUT2D eigenvalue weighted by molar-refractivity contribution is 9.09. The van der Waals surface area contributed by atoms with Gasteiger partial charge in [-0.15, -0.1) is 5.10 Å². The lowest BCUT2D eigenvalue weighted by Crippen LogP contribution is -2.26. The first-order valence-corrected chi connectivity index (χ1v) is 7.29. The summed E-state index contributed by atoms with van der Waals surface area (Å²) in [6, 6.07) is 0.327. The van der Waals surface area contributed by atoms with Crippen LogP contribution in [0, 0.1) is 5.92 Å². The highest BCUT2D eigenvalue weighted by Crippen LogP contribution is 2.12. The molecule has 0 saturated carbocycles. The van der Waals surface area contributed by atoms with Gasteiger partial charge in [0.15, 0.2) is 0 Å². The maximum Gasteiger partial charge on any atom is 0.243 e. The predicted molar refractivity (Wildman–Crippen MR) is 74.6 cm³/mol. The quantitative estimate of drug-likeness (QED) is 0.821. The second-order valence-corrected chi connectivity index (χ2v) is 4.95. The van der Waals surface area contributed by atoms with Gasteiger partial charge in [0.2, 0.25) is 5.95 Å². The molecule has 1 rings (SSSR count). The zero-order chi connectivity index (χ0) is 12.8. The van der Waals surface area contributed by atoms with E-state index in [2.05, 4.69) is 64.1 Å². The van der Waals surface area contributed by atoms with E-state index in [1.54, 1.807) is 0 Å². The Morgan fingerprint density at radius 3 is 2.29 bits per heavy atom. The van der Waals surface area contributed by atoms with Crippen molar-refractivity contribution in [2.45, 2.75) is 46.6 Å². The number of nitrogens with one attached hydrogen (secondary N) is 1. The largest absolute Gasteiger partial charge is 0.350 e. The van der Waals surface area contributed by atoms with Crippen molar-refractivity contribution >= 4 is 21.9 Å². The van der Waals surface area contributed by atoms with Gasteiger partial charge in [-0.1, -0.05) is 36.7 Å². The number of aryl methyl sites for hydroxylation is 2. The summed E-state index contributed by atoms with van der Waals surface area (Å²) in [5.74, 6) is 1.16. The van der Waals surface area contributed by atoms with E-state index >= 15 is 0 Å². The molecule has 0 saturated heterocycles. The Balaban J connectivity index is 2.78. The van der Waals surface area contributed by atoms with Crippen LogP contribution < -0.4 is 5.32 Å². The number of nitrogens with zero attached hydrogens (tertiary/aromatic N) is 3. The zero-order valence-electron chi connectivity index (χ0n) is 11.0. The first kappa shape index (κ1) is 14.4. The van der Waals surface area contributed by atoms with Crippen molar-refractivity contribution in [1.82, 2.24) is 15.2 Å². The van der Waals surface area contributed by atoms with E-state index in [1.807, 2.05) is 0 Å². The van der Waals surface area contributed by atoms with E-state index in [1.165, 1.54) is 0 Å². The molecule has 0 radical (unpaired) electrons. The van der Waals surface area contributed by atoms with Gasteiger partial charge in [-0.05, 0) is 25.7 Å². The number of aromatic nitrogens is 3. The van der Waals surface area contributed by atoms with Crippen LogP contribution in [0.5, 0.6) is 0 Å². The van der Waals surface area contributed by atoms with Gasteiger partial charge in [-0.3, -0.25) is 0 Å². The molecular weight excluding hydrogens is 280 g/mol. The van der Waals surface area contributed by atoms with Crippen molar-refractivity contribution in [3.8, 4) is 0 Å². The maximum absolute atomic E-state index is 4.52. The topological polar surface area (TPSA) is 50.7 Å². The summed E-state index contributed by atoms with van der Waals surface area (Å²) in [5.41, 5.74) is 2.04. The maximum atomic E-state index is 4.52. The number of hydrogen-bond acceptors (Lipinski definition) is 4. The van der Waals surface area contributed by atoms with E-state index in [9.17, 15) is 0 Å². The summed E-state index contributed by atoms with van der Waals surface area (Å²) in [4.78, 5) is 4.52. The summed E-state index contributed by atoms with van der Waals surface area (Å²) < 4.78 is 0. The second-order valence-electron chi connectivity index (χ2n) is 4.30. The molecule has 0 amide bonds. The van der Waals surface area contributed by atoms with E-state index in [4.69, 9.17) is 0 Å². The molecule has 0 fully saturated rings. The van der Waals surface area contributed by atoms with Gasteiger partial charge in [0, 0.05) is 11.4 Å². The molecule has 1 heterocycles. The van der Waals surface area contributed by atoms with Crippen molar-refractivity contribution in [3.63, 3.8) is 0 Å². The molecule has 2 atom stereocenters. The lowest BCUT2D eigenvalue weighted by atomic mass is 10.1. The van der Waals surface area contributed by atoms with Gasteiger partial charge >= 0.3 is 0 Å². The molecule has 0 bridgehead atoms. The van der Waals surface area contributed by atoms with Crippen LogP contribution in [0.3, 0.4) is 0 Å². The van der Waals surface area contributed by atoms with Crippen molar-refractivity contribution in [2.75, 3.05) is 10.6 Å². The highest BCUT2D eigenvalue weighted by atomic mass is 79.9. The van der Waals surface area contributed by atoms with E-state index in [0.29, 0.717) is 17.9 Å². The van der Waals surface area contributed by atoms with E-state index in [-0.39, 0.29) is 0 Å². The fraction of sp³-hybridized carbons (Fsp3) is 0.750. The van der Waals surface area contributed by atoms with Crippen molar-refractivity contribution in [2.24, 2.45) is 5.92 Å². The van der Waals surface area contributed by atoms with Crippen LogP contribution in [0.25, 0.3) is 0 Å². The Hall–Kier alpha value is -0.710. The minimum absolute atomic E-state index is 0.327. The molecule has 1 N–H and O–H groups in total. The average molecular weight is 301 g/mol. The lowest BCUT2D eigenvalue weighted by molar-refractivity contribution is 0.566. The summed E-state index contributed by atoms with van der Waals surface area (Å²) in [5, 5.41) is 12.6. The Morgan fingerprint density at radius 1 is 1.12 bits per heavy atom. The minimum Gasteiger partial charge on any atom is -0.350 e. The van der Waals surface area contributed by atoms with Crippen molar-refractivity contribution < 1.29 is 0 Å². The standard InChI is InChI=1S/C12H21BrN4/c1-5-10-11(6-2)16-17-12(15-10)14-9(4)8(3)7-13/h8-9H,5-7H2,1-4H3,(H,14,15,17). The molecule has 1 aromatic heterocycles. The normalized spacial score (nSPS) is 14.4. The minimum atomic E-state index is 0.327. The first-order chi connectivity index (χ1) is 8.12. The molecule has 0 aliphatic heterocycles. The second kappa shape index (κ2) is 6.89. The molecule has 0 spiro atoms. The van der Waals surface area contributed by atoms with Crippen LogP contribution in [0.15, 0.2) is 0 Å². The summed E-state index contributed by atoms with van der Waals surface area (Å²) in [7, 11) is 0. The molecule has 0 aliphatic carbocycles. The molecule has 4 nitrogen and oxygen atoms in total. The number of anilines is 1. The number of hydrogen-bond donors (Lipinski definition) is 1. The third-order valence-corrected chi connectivity index (χ3v) is 3.98. The van der Waals surface area contributed by atoms with Gasteiger partial charge in [0.1, 0.15) is 0 Å². The number of halogens is 1. The Morgan fingerprint density at radius 2 is 1.76 bits per heavy atom. The Kier molecular flexibility index (Phi) is 5.82. The summed E-state index contributed by atoms with van der Waals surface area (Å²) in [6.45, 7) is 8.49. The predicted octanol–water partition coefficient (Wildman–Crippen LogP) is 2.83. The van der Waals surface area contributed by atoms with Crippen molar-refractivity contribution in [1.29, 1.82) is 0 Å². The number of alkyl halides is 1. The fourth-order valence-corrected chi connectivity index (χ4v) is 2.04. The molecule has 96 valence electrons. The summed E-state index contributed by atoms with van der Waals surface area (Å²) >= 11 is 3.48. The smallest absolute Gasteiger partial charge is 0.243 e. The van der Waals surface area contributed by atoms with Crippen LogP contribution in [0.1, 0.15) is 39.1 Å². The fourth-order valence-electron chi connectivity index (χ4n) is 1.48. The van der Waals surface area contributed by atoms with Gasteiger partial charge in [0.05, 0.1) is 11.4 Å².